The summed E-state index contributed by atoms with van der Waals surface area (Å²) < 4.78 is 5.69. The summed E-state index contributed by atoms with van der Waals surface area (Å²) in [6, 6.07) is 17.9. The predicted molar refractivity (Wildman–Crippen MR) is 93.7 cm³/mol. The second-order valence-corrected chi connectivity index (χ2v) is 6.54. The van der Waals surface area contributed by atoms with Gasteiger partial charge in [-0.3, -0.25) is 4.79 Å². The maximum atomic E-state index is 12.3. The lowest BCUT2D eigenvalue weighted by atomic mass is 9.84. The summed E-state index contributed by atoms with van der Waals surface area (Å²) in [5.41, 5.74) is 2.24. The lowest BCUT2D eigenvalue weighted by Gasteiger charge is -2.26. The molecule has 23 heavy (non-hydrogen) atoms. The third kappa shape index (κ3) is 4.85. The lowest BCUT2D eigenvalue weighted by Crippen LogP contribution is -2.42. The smallest absolute Gasteiger partial charge is 0.260 e. The molecule has 0 heterocycles. The maximum Gasteiger partial charge on any atom is 0.260 e. The minimum atomic E-state index is -0.524. The highest BCUT2D eigenvalue weighted by Gasteiger charge is 2.23. The molecule has 0 radical (unpaired) electrons. The van der Waals surface area contributed by atoms with Gasteiger partial charge in [-0.15, -0.1) is 0 Å². The van der Waals surface area contributed by atoms with Gasteiger partial charge in [0.05, 0.1) is 0 Å². The number of carbonyl (C=O) groups excluding carboxylic acids is 1. The molecule has 0 aromatic heterocycles. The molecule has 1 unspecified atom stereocenters. The molecule has 122 valence electrons. The number of nitrogens with one attached hydrogen (secondary N) is 1. The number of hydrogen-bond acceptors (Lipinski definition) is 2. The van der Waals surface area contributed by atoms with Crippen LogP contribution >= 0.6 is 0 Å². The van der Waals surface area contributed by atoms with Crippen molar-refractivity contribution in [2.75, 3.05) is 6.54 Å². The first-order chi connectivity index (χ1) is 10.9. The van der Waals surface area contributed by atoms with Crippen molar-refractivity contribution < 1.29 is 9.53 Å². The molecule has 1 amide bonds. The number of ether oxygens (including phenoxy) is 1. The largest absolute Gasteiger partial charge is 0.481 e. The molecule has 0 fully saturated rings. The SMILES string of the molecule is Cc1ccc(OC(C)C(=O)NCC(C)(C)c2ccccc2)cc1. The molecule has 0 saturated heterocycles. The van der Waals surface area contributed by atoms with Gasteiger partial charge in [0.25, 0.3) is 5.91 Å². The number of hydrogen-bond donors (Lipinski definition) is 1. The van der Waals surface area contributed by atoms with Crippen molar-refractivity contribution in [1.82, 2.24) is 5.32 Å². The van der Waals surface area contributed by atoms with Crippen molar-refractivity contribution in [3.8, 4) is 5.75 Å². The van der Waals surface area contributed by atoms with Gasteiger partial charge in [-0.05, 0) is 31.5 Å². The van der Waals surface area contributed by atoms with E-state index in [9.17, 15) is 4.79 Å². The zero-order valence-electron chi connectivity index (χ0n) is 14.3. The Morgan fingerprint density at radius 1 is 1.09 bits per heavy atom. The molecular weight excluding hydrogens is 286 g/mol. The number of carbonyl (C=O) groups is 1. The highest BCUT2D eigenvalue weighted by atomic mass is 16.5. The Morgan fingerprint density at radius 2 is 1.70 bits per heavy atom. The van der Waals surface area contributed by atoms with E-state index < -0.39 is 6.10 Å². The normalized spacial score (nSPS) is 12.5. The van der Waals surface area contributed by atoms with Crippen molar-refractivity contribution >= 4 is 5.91 Å². The fraction of sp³-hybridized carbons (Fsp3) is 0.350. The van der Waals surface area contributed by atoms with Crippen LogP contribution in [-0.4, -0.2) is 18.6 Å². The predicted octanol–water partition coefficient (Wildman–Crippen LogP) is 3.86. The van der Waals surface area contributed by atoms with E-state index in [2.05, 4.69) is 31.3 Å². The lowest BCUT2D eigenvalue weighted by molar-refractivity contribution is -0.127. The van der Waals surface area contributed by atoms with Crippen LogP contribution in [0.4, 0.5) is 0 Å². The molecule has 0 saturated carbocycles. The third-order valence-electron chi connectivity index (χ3n) is 3.96. The molecule has 2 rings (SSSR count). The van der Waals surface area contributed by atoms with Gasteiger partial charge in [0, 0.05) is 12.0 Å². The van der Waals surface area contributed by atoms with Gasteiger partial charge in [-0.2, -0.15) is 0 Å². The number of aryl methyl sites for hydroxylation is 1. The first kappa shape index (κ1) is 17.1. The molecular formula is C20H25NO2. The van der Waals surface area contributed by atoms with Crippen LogP contribution in [0.3, 0.4) is 0 Å². The quantitative estimate of drug-likeness (QED) is 0.880. The summed E-state index contributed by atoms with van der Waals surface area (Å²) in [7, 11) is 0. The number of amides is 1. The van der Waals surface area contributed by atoms with Crippen LogP contribution in [0, 0.1) is 6.92 Å². The third-order valence-corrected chi connectivity index (χ3v) is 3.96. The van der Waals surface area contributed by atoms with E-state index in [0.29, 0.717) is 12.3 Å². The zero-order chi connectivity index (χ0) is 16.9. The molecule has 0 aliphatic rings. The van der Waals surface area contributed by atoms with Crippen molar-refractivity contribution in [2.45, 2.75) is 39.2 Å². The van der Waals surface area contributed by atoms with Crippen LogP contribution in [0.2, 0.25) is 0 Å². The van der Waals surface area contributed by atoms with E-state index in [1.165, 1.54) is 11.1 Å². The Kier molecular flexibility index (Phi) is 5.43. The van der Waals surface area contributed by atoms with Gasteiger partial charge in [-0.1, -0.05) is 61.9 Å². The number of rotatable bonds is 6. The molecule has 0 aliphatic heterocycles. The summed E-state index contributed by atoms with van der Waals surface area (Å²) >= 11 is 0. The van der Waals surface area contributed by atoms with Crippen LogP contribution in [0.5, 0.6) is 5.75 Å². The van der Waals surface area contributed by atoms with Crippen molar-refractivity contribution in [1.29, 1.82) is 0 Å². The fourth-order valence-electron chi connectivity index (χ4n) is 2.32. The van der Waals surface area contributed by atoms with Crippen molar-refractivity contribution in [2.24, 2.45) is 0 Å². The molecule has 2 aromatic carbocycles. The first-order valence-corrected chi connectivity index (χ1v) is 7.95. The Hall–Kier alpha value is -2.29. The standard InChI is InChI=1S/C20H25NO2/c1-15-10-12-18(13-11-15)23-16(2)19(22)21-14-20(3,4)17-8-6-5-7-9-17/h5-13,16H,14H2,1-4H3,(H,21,22). The Labute approximate surface area is 138 Å². The maximum absolute atomic E-state index is 12.3. The molecule has 2 aromatic rings. The summed E-state index contributed by atoms with van der Waals surface area (Å²) in [4.78, 5) is 12.3. The summed E-state index contributed by atoms with van der Waals surface area (Å²) in [6.07, 6.45) is -0.524. The molecule has 3 nitrogen and oxygen atoms in total. The van der Waals surface area contributed by atoms with E-state index in [1.807, 2.05) is 49.4 Å². The average Bonchev–Trinajstić information content (AvgIpc) is 2.55. The molecule has 0 aliphatic carbocycles. The van der Waals surface area contributed by atoms with Gasteiger partial charge < -0.3 is 10.1 Å². The summed E-state index contributed by atoms with van der Waals surface area (Å²) in [5.74, 6) is 0.607. The van der Waals surface area contributed by atoms with Crippen LogP contribution in [0.25, 0.3) is 0 Å². The molecule has 1 atom stereocenters. The van der Waals surface area contributed by atoms with Gasteiger partial charge in [0.15, 0.2) is 6.10 Å². The Bertz CT molecular complexity index is 632. The number of benzene rings is 2. The van der Waals surface area contributed by atoms with Gasteiger partial charge >= 0.3 is 0 Å². The highest BCUT2D eigenvalue weighted by molar-refractivity contribution is 5.80. The van der Waals surface area contributed by atoms with Crippen LogP contribution in [0.1, 0.15) is 31.9 Å². The molecule has 0 bridgehead atoms. The second-order valence-electron chi connectivity index (χ2n) is 6.54. The first-order valence-electron chi connectivity index (χ1n) is 7.95. The van der Waals surface area contributed by atoms with Gasteiger partial charge in [-0.25, -0.2) is 0 Å². The van der Waals surface area contributed by atoms with Crippen LogP contribution in [-0.2, 0) is 10.2 Å². The van der Waals surface area contributed by atoms with E-state index >= 15 is 0 Å². The van der Waals surface area contributed by atoms with E-state index in [-0.39, 0.29) is 11.3 Å². The van der Waals surface area contributed by atoms with E-state index in [4.69, 9.17) is 4.74 Å². The van der Waals surface area contributed by atoms with Crippen molar-refractivity contribution in [3.05, 3.63) is 65.7 Å². The Morgan fingerprint density at radius 3 is 2.30 bits per heavy atom. The minimum Gasteiger partial charge on any atom is -0.481 e. The summed E-state index contributed by atoms with van der Waals surface area (Å²) in [5, 5.41) is 2.99. The molecule has 3 heteroatoms. The highest BCUT2D eigenvalue weighted by Crippen LogP contribution is 2.21. The second kappa shape index (κ2) is 7.32. The monoisotopic (exact) mass is 311 g/mol. The zero-order valence-corrected chi connectivity index (χ0v) is 14.3. The molecule has 0 spiro atoms. The van der Waals surface area contributed by atoms with Crippen molar-refractivity contribution in [3.63, 3.8) is 0 Å². The van der Waals surface area contributed by atoms with E-state index in [1.54, 1.807) is 6.92 Å². The van der Waals surface area contributed by atoms with Gasteiger partial charge in [0.1, 0.15) is 5.75 Å². The summed E-state index contributed by atoms with van der Waals surface area (Å²) in [6.45, 7) is 8.59. The van der Waals surface area contributed by atoms with Crippen LogP contribution < -0.4 is 10.1 Å². The van der Waals surface area contributed by atoms with Gasteiger partial charge in [0.2, 0.25) is 0 Å². The van der Waals surface area contributed by atoms with E-state index in [0.717, 1.165) is 0 Å². The topological polar surface area (TPSA) is 38.3 Å². The Balaban J connectivity index is 1.90. The minimum absolute atomic E-state index is 0.102. The fourth-order valence-corrected chi connectivity index (χ4v) is 2.32. The average molecular weight is 311 g/mol. The van der Waals surface area contributed by atoms with Crippen LogP contribution in [0.15, 0.2) is 54.6 Å². The molecule has 1 N–H and O–H groups in total.